The number of nitrogens with zero attached hydrogens (tertiary/aromatic N) is 2. The number of hydrogen-bond acceptors (Lipinski definition) is 6. The van der Waals surface area contributed by atoms with Crippen molar-refractivity contribution in [1.29, 1.82) is 0 Å². The van der Waals surface area contributed by atoms with E-state index < -0.39 is 4.92 Å². The van der Waals surface area contributed by atoms with E-state index >= 15 is 0 Å². The predicted molar refractivity (Wildman–Crippen MR) is 89.8 cm³/mol. The molecular weight excluding hydrogens is 326 g/mol. The molecule has 134 valence electrons. The zero-order valence-electron chi connectivity index (χ0n) is 13.8. The van der Waals surface area contributed by atoms with Crippen molar-refractivity contribution in [3.8, 4) is 0 Å². The van der Waals surface area contributed by atoms with Crippen molar-refractivity contribution in [2.24, 2.45) is 0 Å². The molecule has 3 rings (SSSR count). The molecule has 0 bridgehead atoms. The second-order valence-electron chi connectivity index (χ2n) is 6.57. The fourth-order valence-corrected chi connectivity index (χ4v) is 3.66. The van der Waals surface area contributed by atoms with Gasteiger partial charge in [-0.2, -0.15) is 0 Å². The highest BCUT2D eigenvalue weighted by atomic mass is 16.6. The lowest BCUT2D eigenvalue weighted by molar-refractivity contribution is -0.384. The molecule has 2 N–H and O–H groups in total. The molecule has 25 heavy (non-hydrogen) atoms. The van der Waals surface area contributed by atoms with Crippen molar-refractivity contribution in [1.82, 2.24) is 4.90 Å². The molecule has 0 aromatic heterocycles. The summed E-state index contributed by atoms with van der Waals surface area (Å²) in [6, 6.07) is 4.50. The van der Waals surface area contributed by atoms with E-state index in [2.05, 4.69) is 5.32 Å². The van der Waals surface area contributed by atoms with Gasteiger partial charge in [-0.3, -0.25) is 24.6 Å². The minimum Gasteiger partial charge on any atom is -0.392 e. The zero-order valence-corrected chi connectivity index (χ0v) is 13.8. The van der Waals surface area contributed by atoms with Crippen LogP contribution in [0, 0.1) is 10.1 Å². The minimum absolute atomic E-state index is 0.0239. The van der Waals surface area contributed by atoms with Crippen LogP contribution in [-0.4, -0.2) is 38.8 Å². The molecule has 1 aliphatic carbocycles. The summed E-state index contributed by atoms with van der Waals surface area (Å²) in [4.78, 5) is 35.8. The molecule has 1 saturated carbocycles. The van der Waals surface area contributed by atoms with Gasteiger partial charge in [-0.15, -0.1) is 0 Å². The van der Waals surface area contributed by atoms with Gasteiger partial charge in [-0.1, -0.05) is 0 Å². The van der Waals surface area contributed by atoms with Gasteiger partial charge in [-0.05, 0) is 43.4 Å². The van der Waals surface area contributed by atoms with Crippen molar-refractivity contribution in [2.45, 2.75) is 57.2 Å². The van der Waals surface area contributed by atoms with Crippen LogP contribution in [-0.2, 0) is 16.2 Å². The van der Waals surface area contributed by atoms with Crippen LogP contribution in [0.5, 0.6) is 0 Å². The summed E-state index contributed by atoms with van der Waals surface area (Å²) < 4.78 is 0. The second kappa shape index (κ2) is 7.18. The molecule has 8 nitrogen and oxygen atoms in total. The Morgan fingerprint density at radius 2 is 1.80 bits per heavy atom. The second-order valence-corrected chi connectivity index (χ2v) is 6.57. The zero-order chi connectivity index (χ0) is 18.0. The van der Waals surface area contributed by atoms with Crippen LogP contribution in [0.15, 0.2) is 18.2 Å². The van der Waals surface area contributed by atoms with Gasteiger partial charge >= 0.3 is 0 Å². The number of nitro groups is 1. The number of aliphatic hydroxyl groups excluding tert-OH is 1. The van der Waals surface area contributed by atoms with Crippen LogP contribution >= 0.6 is 0 Å². The fraction of sp³-hybridized carbons (Fsp3) is 0.529. The first-order valence-corrected chi connectivity index (χ1v) is 8.49. The van der Waals surface area contributed by atoms with Crippen LogP contribution in [0.25, 0.3) is 0 Å². The van der Waals surface area contributed by atoms with E-state index in [-0.39, 0.29) is 36.2 Å². The van der Waals surface area contributed by atoms with Crippen molar-refractivity contribution < 1.29 is 19.6 Å². The van der Waals surface area contributed by atoms with Gasteiger partial charge in [0.15, 0.2) is 0 Å². The Kier molecular flexibility index (Phi) is 4.98. The van der Waals surface area contributed by atoms with E-state index in [1.807, 2.05) is 0 Å². The molecule has 2 amide bonds. The number of anilines is 1. The molecule has 2 aliphatic rings. The SMILES string of the molecule is O=C1CCC(=O)N1C1CCC(Nc2cc(CO)ccc2[N+](=O)[O-])CC1. The molecule has 0 unspecified atom stereocenters. The number of benzene rings is 1. The predicted octanol–water partition coefficient (Wildman–Crippen LogP) is 1.96. The maximum atomic E-state index is 11.8. The number of imide groups is 1. The standard InChI is InChI=1S/C17H21N3O5/c21-10-11-1-6-15(20(24)25)14(9-11)18-12-2-4-13(5-3-12)19-16(22)7-8-17(19)23/h1,6,9,12-13,18,21H,2-5,7-8,10H2. The maximum absolute atomic E-state index is 11.8. The summed E-state index contributed by atoms with van der Waals surface area (Å²) in [6.07, 6.45) is 3.45. The largest absolute Gasteiger partial charge is 0.392 e. The lowest BCUT2D eigenvalue weighted by atomic mass is 9.90. The van der Waals surface area contributed by atoms with Crippen LogP contribution < -0.4 is 5.32 Å². The first kappa shape index (κ1) is 17.3. The van der Waals surface area contributed by atoms with Gasteiger partial charge in [-0.25, -0.2) is 0 Å². The Bertz CT molecular complexity index is 682. The number of nitrogens with one attached hydrogen (secondary N) is 1. The molecule has 1 aromatic rings. The number of likely N-dealkylation sites (tertiary alicyclic amines) is 1. The molecule has 1 aliphatic heterocycles. The molecule has 1 heterocycles. The lowest BCUT2D eigenvalue weighted by Gasteiger charge is -2.34. The van der Waals surface area contributed by atoms with Gasteiger partial charge in [0.05, 0.1) is 11.5 Å². The van der Waals surface area contributed by atoms with Gasteiger partial charge in [0.25, 0.3) is 5.69 Å². The Labute approximate surface area is 145 Å². The van der Waals surface area contributed by atoms with E-state index in [1.165, 1.54) is 17.0 Å². The van der Waals surface area contributed by atoms with Gasteiger partial charge in [0.2, 0.25) is 11.8 Å². The summed E-state index contributed by atoms with van der Waals surface area (Å²) in [5.74, 6) is -0.180. The van der Waals surface area contributed by atoms with Crippen molar-refractivity contribution in [2.75, 3.05) is 5.32 Å². The number of aliphatic hydroxyl groups is 1. The molecule has 0 atom stereocenters. The van der Waals surface area contributed by atoms with E-state index in [1.54, 1.807) is 6.07 Å². The number of hydrogen-bond donors (Lipinski definition) is 2. The van der Waals surface area contributed by atoms with Crippen LogP contribution in [0.2, 0.25) is 0 Å². The molecule has 0 radical (unpaired) electrons. The van der Waals surface area contributed by atoms with E-state index in [9.17, 15) is 24.8 Å². The quantitative estimate of drug-likeness (QED) is 0.478. The third-order valence-corrected chi connectivity index (χ3v) is 4.95. The van der Waals surface area contributed by atoms with E-state index in [0.717, 1.165) is 12.8 Å². The van der Waals surface area contributed by atoms with Crippen molar-refractivity contribution in [3.05, 3.63) is 33.9 Å². The average molecular weight is 347 g/mol. The van der Waals surface area contributed by atoms with Gasteiger partial charge in [0, 0.05) is 31.0 Å². The van der Waals surface area contributed by atoms with Crippen LogP contribution in [0.3, 0.4) is 0 Å². The summed E-state index contributed by atoms with van der Waals surface area (Å²) in [5, 5.41) is 23.6. The third-order valence-electron chi connectivity index (χ3n) is 4.95. The summed E-state index contributed by atoms with van der Waals surface area (Å²) in [5.41, 5.74) is 0.979. The summed E-state index contributed by atoms with van der Waals surface area (Å²) in [6.45, 7) is -0.182. The fourth-order valence-electron chi connectivity index (χ4n) is 3.66. The molecule has 1 saturated heterocycles. The number of nitro benzene ring substituents is 1. The Hall–Kier alpha value is -2.48. The highest BCUT2D eigenvalue weighted by molar-refractivity contribution is 6.02. The normalized spacial score (nSPS) is 23.8. The minimum atomic E-state index is -0.448. The van der Waals surface area contributed by atoms with Crippen molar-refractivity contribution in [3.63, 3.8) is 0 Å². The monoisotopic (exact) mass is 347 g/mol. The summed E-state index contributed by atoms with van der Waals surface area (Å²) >= 11 is 0. The number of carbonyl (C=O) groups excluding carboxylic acids is 2. The molecule has 2 fully saturated rings. The molecule has 1 aromatic carbocycles. The van der Waals surface area contributed by atoms with Crippen molar-refractivity contribution >= 4 is 23.2 Å². The number of amides is 2. The smallest absolute Gasteiger partial charge is 0.292 e. The topological polar surface area (TPSA) is 113 Å². The van der Waals surface area contributed by atoms with Gasteiger partial charge < -0.3 is 10.4 Å². The molecule has 0 spiro atoms. The molecular formula is C17H21N3O5. The van der Waals surface area contributed by atoms with Gasteiger partial charge in [0.1, 0.15) is 5.69 Å². The van der Waals surface area contributed by atoms with Crippen LogP contribution in [0.4, 0.5) is 11.4 Å². The van der Waals surface area contributed by atoms with Crippen LogP contribution in [0.1, 0.15) is 44.1 Å². The Morgan fingerprint density at radius 3 is 2.36 bits per heavy atom. The van der Waals surface area contributed by atoms with E-state index in [0.29, 0.717) is 36.9 Å². The molecule has 8 heteroatoms. The number of carbonyl (C=O) groups is 2. The highest BCUT2D eigenvalue weighted by Gasteiger charge is 2.37. The summed E-state index contributed by atoms with van der Waals surface area (Å²) in [7, 11) is 0. The first-order valence-electron chi connectivity index (χ1n) is 8.49. The Morgan fingerprint density at radius 1 is 1.16 bits per heavy atom. The Balaban J connectivity index is 1.65. The average Bonchev–Trinajstić information content (AvgIpc) is 2.94. The highest BCUT2D eigenvalue weighted by Crippen LogP contribution is 2.32. The maximum Gasteiger partial charge on any atom is 0.292 e. The first-order chi connectivity index (χ1) is 12.0. The lowest BCUT2D eigenvalue weighted by Crippen LogP contribution is -2.43. The van der Waals surface area contributed by atoms with E-state index in [4.69, 9.17) is 0 Å². The number of rotatable bonds is 5. The third kappa shape index (κ3) is 3.63.